The van der Waals surface area contributed by atoms with Crippen LogP contribution in [0.5, 0.6) is 0 Å². The van der Waals surface area contributed by atoms with Crippen LogP contribution in [-0.4, -0.2) is 10.1 Å². The molecule has 3 rings (SSSR count). The molecule has 3 aromatic rings. The number of pyridine rings is 1. The van der Waals surface area contributed by atoms with Crippen molar-refractivity contribution in [2.75, 3.05) is 0 Å². The second-order valence-corrected chi connectivity index (χ2v) is 5.25. The van der Waals surface area contributed by atoms with E-state index in [2.05, 4.69) is 4.98 Å². The van der Waals surface area contributed by atoms with E-state index in [0.29, 0.717) is 0 Å². The second-order valence-electron chi connectivity index (χ2n) is 5.25. The molecule has 0 aliphatic carbocycles. The van der Waals surface area contributed by atoms with Gasteiger partial charge in [-0.05, 0) is 54.5 Å². The van der Waals surface area contributed by atoms with Crippen LogP contribution in [0.3, 0.4) is 0 Å². The maximum atomic E-state index is 13.1. The number of aliphatic hydroxyl groups excluding tert-OH is 1. The van der Waals surface area contributed by atoms with Crippen molar-refractivity contribution >= 4 is 23.1 Å². The molecule has 0 fully saturated rings. The molecule has 0 amide bonds. The van der Waals surface area contributed by atoms with Crippen LogP contribution >= 0.6 is 0 Å². The second kappa shape index (κ2) is 6.08. The Morgan fingerprint density at radius 3 is 2.73 bits per heavy atom. The fourth-order valence-electron chi connectivity index (χ4n) is 2.31. The number of aliphatic hydroxyl groups is 1. The largest absolute Gasteiger partial charge is 0.389 e. The molecule has 0 radical (unpaired) electrons. The maximum absolute atomic E-state index is 13.1. The standard InChI is InChI=1S/C19H16FNO/c1-13(22)15-4-2-3-14(11-15)5-8-18-9-6-16-12-17(20)7-10-19(16)21-18/h2-13,22H,1H3/b8-5+. The number of hydrogen-bond donors (Lipinski definition) is 1. The molecule has 1 atom stereocenters. The Balaban J connectivity index is 1.89. The zero-order chi connectivity index (χ0) is 15.5. The molecular weight excluding hydrogens is 277 g/mol. The van der Waals surface area contributed by atoms with Crippen molar-refractivity contribution in [1.82, 2.24) is 4.98 Å². The molecule has 1 aromatic heterocycles. The van der Waals surface area contributed by atoms with Gasteiger partial charge >= 0.3 is 0 Å². The molecule has 0 saturated carbocycles. The minimum Gasteiger partial charge on any atom is -0.389 e. The number of rotatable bonds is 3. The van der Waals surface area contributed by atoms with Crippen molar-refractivity contribution in [3.05, 3.63) is 77.2 Å². The molecule has 0 spiro atoms. The van der Waals surface area contributed by atoms with Crippen LogP contribution in [0.4, 0.5) is 4.39 Å². The summed E-state index contributed by atoms with van der Waals surface area (Å²) in [5.41, 5.74) is 3.45. The minimum atomic E-state index is -0.484. The number of nitrogens with zero attached hydrogens (tertiary/aromatic N) is 1. The third-order valence-corrected chi connectivity index (χ3v) is 3.51. The van der Waals surface area contributed by atoms with Gasteiger partial charge in [-0.1, -0.05) is 30.3 Å². The summed E-state index contributed by atoms with van der Waals surface area (Å²) in [6.45, 7) is 1.74. The molecule has 1 heterocycles. The van der Waals surface area contributed by atoms with E-state index in [9.17, 15) is 9.50 Å². The van der Waals surface area contributed by atoms with Crippen LogP contribution in [0, 0.1) is 5.82 Å². The molecule has 3 heteroatoms. The lowest BCUT2D eigenvalue weighted by molar-refractivity contribution is 0.199. The van der Waals surface area contributed by atoms with Gasteiger partial charge in [0.25, 0.3) is 0 Å². The lowest BCUT2D eigenvalue weighted by Gasteiger charge is -2.05. The first-order chi connectivity index (χ1) is 10.6. The predicted octanol–water partition coefficient (Wildman–Crippen LogP) is 4.60. The average Bonchev–Trinajstić information content (AvgIpc) is 2.53. The molecule has 0 bridgehead atoms. The maximum Gasteiger partial charge on any atom is 0.123 e. The summed E-state index contributed by atoms with van der Waals surface area (Å²) in [6, 6.07) is 16.0. The molecule has 22 heavy (non-hydrogen) atoms. The van der Waals surface area contributed by atoms with Gasteiger partial charge in [0.05, 0.1) is 17.3 Å². The Bertz CT molecular complexity index is 840. The number of halogens is 1. The number of benzene rings is 2. The first kappa shape index (κ1) is 14.4. The number of hydrogen-bond acceptors (Lipinski definition) is 2. The van der Waals surface area contributed by atoms with Crippen LogP contribution < -0.4 is 0 Å². The van der Waals surface area contributed by atoms with Gasteiger partial charge in [-0.25, -0.2) is 9.37 Å². The molecule has 0 saturated heterocycles. The summed E-state index contributed by atoms with van der Waals surface area (Å²) in [5, 5.41) is 10.4. The Kier molecular flexibility index (Phi) is 3.98. The van der Waals surface area contributed by atoms with E-state index in [0.717, 1.165) is 27.7 Å². The quantitative estimate of drug-likeness (QED) is 0.765. The molecule has 110 valence electrons. The van der Waals surface area contributed by atoms with Crippen LogP contribution in [-0.2, 0) is 0 Å². The summed E-state index contributed by atoms with van der Waals surface area (Å²) in [4.78, 5) is 4.49. The fraction of sp³-hybridized carbons (Fsp3) is 0.105. The monoisotopic (exact) mass is 293 g/mol. The average molecular weight is 293 g/mol. The van der Waals surface area contributed by atoms with E-state index in [1.165, 1.54) is 12.1 Å². The number of aromatic nitrogens is 1. The van der Waals surface area contributed by atoms with E-state index in [1.54, 1.807) is 13.0 Å². The van der Waals surface area contributed by atoms with Crippen molar-refractivity contribution in [2.45, 2.75) is 13.0 Å². The van der Waals surface area contributed by atoms with Crippen LogP contribution in [0.15, 0.2) is 54.6 Å². The summed E-state index contributed by atoms with van der Waals surface area (Å²) in [7, 11) is 0. The van der Waals surface area contributed by atoms with E-state index >= 15 is 0 Å². The van der Waals surface area contributed by atoms with Crippen LogP contribution in [0.1, 0.15) is 29.8 Å². The van der Waals surface area contributed by atoms with Crippen LogP contribution in [0.25, 0.3) is 23.1 Å². The molecule has 0 aliphatic rings. The van der Waals surface area contributed by atoms with Crippen molar-refractivity contribution in [3.8, 4) is 0 Å². The van der Waals surface area contributed by atoms with Gasteiger partial charge in [0.1, 0.15) is 5.82 Å². The first-order valence-corrected chi connectivity index (χ1v) is 7.14. The van der Waals surface area contributed by atoms with E-state index in [-0.39, 0.29) is 5.82 Å². The van der Waals surface area contributed by atoms with Gasteiger partial charge in [0.2, 0.25) is 0 Å². The Morgan fingerprint density at radius 1 is 1.05 bits per heavy atom. The number of fused-ring (bicyclic) bond motifs is 1. The molecule has 1 unspecified atom stereocenters. The first-order valence-electron chi connectivity index (χ1n) is 7.14. The van der Waals surface area contributed by atoms with Crippen LogP contribution in [0.2, 0.25) is 0 Å². The summed E-state index contributed by atoms with van der Waals surface area (Å²) < 4.78 is 13.1. The zero-order valence-electron chi connectivity index (χ0n) is 12.2. The Labute approximate surface area is 128 Å². The van der Waals surface area contributed by atoms with Gasteiger partial charge in [-0.2, -0.15) is 0 Å². The van der Waals surface area contributed by atoms with E-state index < -0.39 is 6.10 Å². The highest BCUT2D eigenvalue weighted by molar-refractivity contribution is 5.81. The molecule has 2 nitrogen and oxygen atoms in total. The van der Waals surface area contributed by atoms with Crippen molar-refractivity contribution in [2.24, 2.45) is 0 Å². The van der Waals surface area contributed by atoms with Gasteiger partial charge in [-0.15, -0.1) is 0 Å². The SMILES string of the molecule is CC(O)c1cccc(/C=C/c2ccc3cc(F)ccc3n2)c1. The van der Waals surface area contributed by atoms with Crippen molar-refractivity contribution < 1.29 is 9.50 Å². The lowest BCUT2D eigenvalue weighted by atomic mass is 10.1. The Hall–Kier alpha value is -2.52. The lowest BCUT2D eigenvalue weighted by Crippen LogP contribution is -1.90. The molecular formula is C19H16FNO. The minimum absolute atomic E-state index is 0.257. The summed E-state index contributed by atoms with van der Waals surface area (Å²) >= 11 is 0. The highest BCUT2D eigenvalue weighted by Gasteiger charge is 2.01. The van der Waals surface area contributed by atoms with Gasteiger partial charge < -0.3 is 5.11 Å². The highest BCUT2D eigenvalue weighted by Crippen LogP contribution is 2.17. The topological polar surface area (TPSA) is 33.1 Å². The molecule has 1 N–H and O–H groups in total. The van der Waals surface area contributed by atoms with Crippen molar-refractivity contribution in [1.29, 1.82) is 0 Å². The highest BCUT2D eigenvalue weighted by atomic mass is 19.1. The smallest absolute Gasteiger partial charge is 0.123 e. The Morgan fingerprint density at radius 2 is 1.91 bits per heavy atom. The van der Waals surface area contributed by atoms with Gasteiger partial charge in [0, 0.05) is 5.39 Å². The van der Waals surface area contributed by atoms with Gasteiger partial charge in [0.15, 0.2) is 0 Å². The fourth-order valence-corrected chi connectivity index (χ4v) is 2.31. The molecule has 2 aromatic carbocycles. The normalized spacial score (nSPS) is 12.9. The summed E-state index contributed by atoms with van der Waals surface area (Å²) in [6.07, 6.45) is 3.37. The third-order valence-electron chi connectivity index (χ3n) is 3.51. The summed E-state index contributed by atoms with van der Waals surface area (Å²) in [5.74, 6) is -0.257. The predicted molar refractivity (Wildman–Crippen MR) is 87.7 cm³/mol. The zero-order valence-corrected chi connectivity index (χ0v) is 12.2. The van der Waals surface area contributed by atoms with Crippen molar-refractivity contribution in [3.63, 3.8) is 0 Å². The van der Waals surface area contributed by atoms with E-state index in [4.69, 9.17) is 0 Å². The molecule has 0 aliphatic heterocycles. The van der Waals surface area contributed by atoms with E-state index in [1.807, 2.05) is 48.6 Å². The van der Waals surface area contributed by atoms with Gasteiger partial charge in [-0.3, -0.25) is 0 Å². The third kappa shape index (κ3) is 3.21.